The minimum absolute atomic E-state index is 0.455. The van der Waals surface area contributed by atoms with E-state index >= 15 is 0 Å². The minimum Gasteiger partial charge on any atom is -0.493 e. The summed E-state index contributed by atoms with van der Waals surface area (Å²) in [6, 6.07) is 13.5. The second kappa shape index (κ2) is 9.59. The van der Waals surface area contributed by atoms with Gasteiger partial charge in [0.15, 0.2) is 11.5 Å². The van der Waals surface area contributed by atoms with Crippen LogP contribution in [0.15, 0.2) is 48.5 Å². The average Bonchev–Trinajstić information content (AvgIpc) is 2.66. The molecule has 2 rings (SSSR count). The quantitative estimate of drug-likeness (QED) is 0.741. The number of urea groups is 1. The number of carbonyl (C=O) groups excluding carboxylic acids is 2. The molecule has 2 aromatic rings. The van der Waals surface area contributed by atoms with Gasteiger partial charge in [0.1, 0.15) is 6.04 Å². The lowest BCUT2D eigenvalue weighted by atomic mass is 10.0. The zero-order valence-electron chi connectivity index (χ0n) is 15.8. The second-order valence-electron chi connectivity index (χ2n) is 6.09. The number of hydrogen-bond donors (Lipinski definition) is 2. The SMILES string of the molecule is COc1ccc(CCN(C)[C@@H](C(=O)NC(N)=O)c2ccccc2)cc1OC. The van der Waals surface area contributed by atoms with E-state index in [4.69, 9.17) is 15.2 Å². The number of nitrogens with two attached hydrogens (primary N) is 1. The van der Waals surface area contributed by atoms with Gasteiger partial charge in [-0.15, -0.1) is 0 Å². The predicted molar refractivity (Wildman–Crippen MR) is 103 cm³/mol. The van der Waals surface area contributed by atoms with Crippen LogP contribution < -0.4 is 20.5 Å². The molecule has 0 spiro atoms. The maximum atomic E-state index is 12.5. The van der Waals surface area contributed by atoms with Crippen LogP contribution >= 0.6 is 0 Å². The Kier molecular flexibility index (Phi) is 7.19. The largest absolute Gasteiger partial charge is 0.493 e. The van der Waals surface area contributed by atoms with E-state index < -0.39 is 18.0 Å². The first-order chi connectivity index (χ1) is 13.0. The minimum atomic E-state index is -0.866. The maximum absolute atomic E-state index is 12.5. The summed E-state index contributed by atoms with van der Waals surface area (Å²) >= 11 is 0. The zero-order valence-corrected chi connectivity index (χ0v) is 15.8. The smallest absolute Gasteiger partial charge is 0.318 e. The van der Waals surface area contributed by atoms with Crippen molar-refractivity contribution < 1.29 is 19.1 Å². The highest BCUT2D eigenvalue weighted by Crippen LogP contribution is 2.28. The van der Waals surface area contributed by atoms with E-state index in [2.05, 4.69) is 5.32 Å². The fourth-order valence-corrected chi connectivity index (χ4v) is 2.90. The van der Waals surface area contributed by atoms with Gasteiger partial charge < -0.3 is 15.2 Å². The molecule has 7 heteroatoms. The van der Waals surface area contributed by atoms with Crippen LogP contribution in [0.25, 0.3) is 0 Å². The number of imide groups is 1. The Morgan fingerprint density at radius 3 is 2.33 bits per heavy atom. The third kappa shape index (κ3) is 5.46. The van der Waals surface area contributed by atoms with E-state index in [0.717, 1.165) is 11.1 Å². The summed E-state index contributed by atoms with van der Waals surface area (Å²) < 4.78 is 10.6. The molecule has 3 amide bonds. The first-order valence-electron chi connectivity index (χ1n) is 8.52. The van der Waals surface area contributed by atoms with Gasteiger partial charge in [-0.05, 0) is 36.7 Å². The Morgan fingerprint density at radius 2 is 1.74 bits per heavy atom. The molecular weight excluding hydrogens is 346 g/mol. The van der Waals surface area contributed by atoms with Gasteiger partial charge in [0, 0.05) is 6.54 Å². The number of likely N-dealkylation sites (N-methyl/N-ethyl adjacent to an activating group) is 1. The standard InChI is InChI=1S/C20H25N3O4/c1-23(12-11-14-9-10-16(26-2)17(13-14)27-3)18(19(24)22-20(21)25)15-7-5-4-6-8-15/h4-10,13,18H,11-12H2,1-3H3,(H3,21,22,24,25)/t18-/m1/s1. The molecule has 0 unspecified atom stereocenters. The molecule has 1 atom stereocenters. The van der Waals surface area contributed by atoms with E-state index in [-0.39, 0.29) is 0 Å². The van der Waals surface area contributed by atoms with Gasteiger partial charge in [-0.1, -0.05) is 36.4 Å². The molecule has 2 aromatic carbocycles. The number of primary amides is 1. The maximum Gasteiger partial charge on any atom is 0.318 e. The summed E-state index contributed by atoms with van der Waals surface area (Å²) in [5, 5.41) is 2.18. The molecule has 0 bridgehead atoms. The van der Waals surface area contributed by atoms with Gasteiger partial charge in [0.05, 0.1) is 14.2 Å². The molecule has 0 fully saturated rings. The highest BCUT2D eigenvalue weighted by molar-refractivity contribution is 5.96. The van der Waals surface area contributed by atoms with Crippen LogP contribution in [-0.4, -0.2) is 44.7 Å². The number of benzene rings is 2. The second-order valence-corrected chi connectivity index (χ2v) is 6.09. The van der Waals surface area contributed by atoms with E-state index in [9.17, 15) is 9.59 Å². The molecular formula is C20H25N3O4. The van der Waals surface area contributed by atoms with Crippen LogP contribution in [0.2, 0.25) is 0 Å². The Hall–Kier alpha value is -3.06. The van der Waals surface area contributed by atoms with E-state index in [1.165, 1.54) is 0 Å². The van der Waals surface area contributed by atoms with Gasteiger partial charge >= 0.3 is 6.03 Å². The molecule has 3 N–H and O–H groups in total. The highest BCUT2D eigenvalue weighted by Gasteiger charge is 2.25. The summed E-state index contributed by atoms with van der Waals surface area (Å²) in [5.74, 6) is 0.866. The Morgan fingerprint density at radius 1 is 1.07 bits per heavy atom. The summed E-state index contributed by atoms with van der Waals surface area (Å²) in [6.45, 7) is 0.585. The highest BCUT2D eigenvalue weighted by atomic mass is 16.5. The number of nitrogens with one attached hydrogen (secondary N) is 1. The van der Waals surface area contributed by atoms with Crippen LogP contribution in [0, 0.1) is 0 Å². The van der Waals surface area contributed by atoms with Crippen molar-refractivity contribution in [2.45, 2.75) is 12.5 Å². The molecule has 144 valence electrons. The van der Waals surface area contributed by atoms with Crippen molar-refractivity contribution in [2.24, 2.45) is 5.73 Å². The number of ether oxygens (including phenoxy) is 2. The molecule has 27 heavy (non-hydrogen) atoms. The molecule has 0 aromatic heterocycles. The lowest BCUT2D eigenvalue weighted by Gasteiger charge is -2.27. The van der Waals surface area contributed by atoms with Gasteiger partial charge in [0.2, 0.25) is 5.91 Å². The Bertz CT molecular complexity index is 780. The van der Waals surface area contributed by atoms with Gasteiger partial charge in [-0.3, -0.25) is 15.0 Å². The van der Waals surface area contributed by atoms with E-state index in [1.807, 2.05) is 60.5 Å². The van der Waals surface area contributed by atoms with Crippen LogP contribution in [-0.2, 0) is 11.2 Å². The Labute approximate surface area is 159 Å². The van der Waals surface area contributed by atoms with E-state index in [1.54, 1.807) is 14.2 Å². The molecule has 0 aliphatic carbocycles. The number of amides is 3. The predicted octanol–water partition coefficient (Wildman–Crippen LogP) is 2.11. The summed E-state index contributed by atoms with van der Waals surface area (Å²) in [7, 11) is 5.01. The lowest BCUT2D eigenvalue weighted by molar-refractivity contribution is -0.125. The van der Waals surface area contributed by atoms with Crippen molar-refractivity contribution >= 4 is 11.9 Å². The summed E-state index contributed by atoms with van der Waals surface area (Å²) in [5.41, 5.74) is 6.95. The molecule has 0 aliphatic heterocycles. The number of carbonyl (C=O) groups is 2. The number of hydrogen-bond acceptors (Lipinski definition) is 5. The van der Waals surface area contributed by atoms with Crippen molar-refractivity contribution in [3.63, 3.8) is 0 Å². The van der Waals surface area contributed by atoms with Crippen LogP contribution in [0.4, 0.5) is 4.79 Å². The average molecular weight is 371 g/mol. The number of nitrogens with zero attached hydrogens (tertiary/aromatic N) is 1. The fraction of sp³-hybridized carbons (Fsp3) is 0.300. The van der Waals surface area contributed by atoms with Gasteiger partial charge in [0.25, 0.3) is 0 Å². The van der Waals surface area contributed by atoms with E-state index in [0.29, 0.717) is 24.5 Å². The monoisotopic (exact) mass is 371 g/mol. The summed E-state index contributed by atoms with van der Waals surface area (Å²) in [6.07, 6.45) is 0.685. The number of rotatable bonds is 8. The molecule has 0 saturated heterocycles. The zero-order chi connectivity index (χ0) is 19.8. The van der Waals surface area contributed by atoms with Gasteiger partial charge in [-0.2, -0.15) is 0 Å². The van der Waals surface area contributed by atoms with Gasteiger partial charge in [-0.25, -0.2) is 4.79 Å². The van der Waals surface area contributed by atoms with Crippen LogP contribution in [0.5, 0.6) is 11.5 Å². The Balaban J connectivity index is 2.15. The molecule has 7 nitrogen and oxygen atoms in total. The van der Waals surface area contributed by atoms with Crippen molar-refractivity contribution in [1.82, 2.24) is 10.2 Å². The lowest BCUT2D eigenvalue weighted by Crippen LogP contribution is -2.44. The number of methoxy groups -OCH3 is 2. The van der Waals surface area contributed by atoms with Crippen molar-refractivity contribution in [1.29, 1.82) is 0 Å². The first kappa shape index (κ1) is 20.3. The first-order valence-corrected chi connectivity index (χ1v) is 8.52. The third-order valence-corrected chi connectivity index (χ3v) is 4.25. The molecule has 0 saturated carbocycles. The fourth-order valence-electron chi connectivity index (χ4n) is 2.90. The van der Waals surface area contributed by atoms with Crippen LogP contribution in [0.3, 0.4) is 0 Å². The van der Waals surface area contributed by atoms with Crippen LogP contribution in [0.1, 0.15) is 17.2 Å². The van der Waals surface area contributed by atoms with Crippen molar-refractivity contribution in [3.05, 3.63) is 59.7 Å². The topological polar surface area (TPSA) is 93.9 Å². The molecule has 0 aliphatic rings. The molecule has 0 radical (unpaired) electrons. The summed E-state index contributed by atoms with van der Waals surface area (Å²) in [4.78, 5) is 25.5. The molecule has 0 heterocycles. The normalized spacial score (nSPS) is 11.7. The van der Waals surface area contributed by atoms with Crippen molar-refractivity contribution in [2.75, 3.05) is 27.8 Å². The van der Waals surface area contributed by atoms with Crippen molar-refractivity contribution in [3.8, 4) is 11.5 Å². The third-order valence-electron chi connectivity index (χ3n) is 4.25.